The first-order valence-corrected chi connectivity index (χ1v) is 24.2. The molecule has 4 aromatic rings. The molecule has 3 heterocycles. The van der Waals surface area contributed by atoms with E-state index in [9.17, 15) is 60.3 Å². The molecule has 4 aromatic carbocycles. The molecule has 390 valence electrons. The second-order valence-electron chi connectivity index (χ2n) is 20.7. The van der Waals surface area contributed by atoms with Gasteiger partial charge in [0.05, 0.1) is 92.9 Å². The topological polar surface area (TPSA) is 297 Å². The third-order valence-electron chi connectivity index (χ3n) is 15.0. The van der Waals surface area contributed by atoms with Crippen molar-refractivity contribution in [3.05, 3.63) is 108 Å². The Kier molecular flexibility index (Phi) is 16.8. The lowest BCUT2D eigenvalue weighted by atomic mass is 9.78. The number of amides is 3. The van der Waals surface area contributed by atoms with Crippen LogP contribution in [0.3, 0.4) is 0 Å². The summed E-state index contributed by atoms with van der Waals surface area (Å²) in [7, 11) is 0. The number of ether oxygens (including phenoxy) is 3. The minimum atomic E-state index is -1.21. The number of rotatable bonds is 15. The number of carbonyl (C=O) groups is 3. The molecule has 0 spiro atoms. The van der Waals surface area contributed by atoms with E-state index in [0.29, 0.717) is 16.7 Å². The predicted molar refractivity (Wildman–Crippen MR) is 264 cm³/mol. The standard InChI is InChI=1S/C54H69N3O15/c1-52(2)37(22-58)46(64)43(40(25-61)70-52)55-49(67)31-13-7-28(8-14-31)34-19-35(29-9-15-32(16-10-29)50(68)56-44-41(26-62)71-53(3,4)38(23-59)47(44)65)21-36(20-34)30-11-17-33(18-12-30)51(69)57-45-42(27-63)72-54(5,6)39(24-60)48(45)66/h7-21,37-48,58-66H,22-27H2,1-6H3,(H,55,67)(H,56,68)(H,57,69)/t37-,38-,39-,40+,41+,42+,43-,44-,45-,46-,47-,48-/m0/s1. The molecule has 72 heavy (non-hydrogen) atoms. The second kappa shape index (κ2) is 22.1. The molecule has 3 aliphatic rings. The summed E-state index contributed by atoms with van der Waals surface area (Å²) in [5.41, 5.74) is 2.22. The van der Waals surface area contributed by atoms with E-state index in [1.165, 1.54) is 0 Å². The van der Waals surface area contributed by atoms with Crippen LogP contribution in [0.2, 0.25) is 0 Å². The first-order chi connectivity index (χ1) is 34.1. The number of carbonyl (C=O) groups excluding carboxylic acids is 3. The van der Waals surface area contributed by atoms with E-state index in [1.54, 1.807) is 114 Å². The molecular formula is C54H69N3O15. The van der Waals surface area contributed by atoms with Gasteiger partial charge in [-0.25, -0.2) is 0 Å². The zero-order valence-corrected chi connectivity index (χ0v) is 41.3. The highest BCUT2D eigenvalue weighted by atomic mass is 16.5. The Balaban J connectivity index is 1.17. The van der Waals surface area contributed by atoms with Crippen LogP contribution in [0.5, 0.6) is 0 Å². The van der Waals surface area contributed by atoms with Gasteiger partial charge in [0.25, 0.3) is 17.7 Å². The zero-order valence-electron chi connectivity index (χ0n) is 41.3. The van der Waals surface area contributed by atoms with Gasteiger partial charge in [-0.15, -0.1) is 0 Å². The third kappa shape index (κ3) is 11.2. The minimum absolute atomic E-state index is 0.258. The highest BCUT2D eigenvalue weighted by Crippen LogP contribution is 2.38. The molecule has 0 bridgehead atoms. The highest BCUT2D eigenvalue weighted by molar-refractivity contribution is 5.97. The van der Waals surface area contributed by atoms with Crippen LogP contribution in [0, 0.1) is 17.8 Å². The fourth-order valence-electron chi connectivity index (χ4n) is 10.5. The lowest BCUT2D eigenvalue weighted by Crippen LogP contribution is -2.65. The number of hydrogen-bond acceptors (Lipinski definition) is 15. The van der Waals surface area contributed by atoms with E-state index in [1.807, 2.05) is 18.2 Å². The maximum Gasteiger partial charge on any atom is 0.251 e. The molecule has 18 heteroatoms. The fourth-order valence-corrected chi connectivity index (χ4v) is 10.5. The average Bonchev–Trinajstić information content (AvgIpc) is 3.36. The summed E-state index contributed by atoms with van der Waals surface area (Å²) in [6.07, 6.45) is -6.40. The minimum Gasteiger partial charge on any atom is -0.396 e. The average molecular weight is 1000 g/mol. The van der Waals surface area contributed by atoms with Crippen molar-refractivity contribution in [1.29, 1.82) is 0 Å². The van der Waals surface area contributed by atoms with Gasteiger partial charge in [0.15, 0.2) is 0 Å². The molecule has 0 aliphatic carbocycles. The SMILES string of the molecule is CC1(C)O[C@H](CO)[C@H](NC(=O)c2ccc(-c3cc(-c4ccc(C(=O)N[C@@H]5[C@@H](O)[C@H](CO)C(C)(C)O[C@@H]5CO)cc4)cc(-c4ccc(C(=O)N[C@@H]5[C@@H](O)[C@H](CO)C(C)(C)O[C@@H]5CO)cc4)c3)cc2)[C@@H](O)[C@@H]1CO. The zero-order chi connectivity index (χ0) is 52.4. The highest BCUT2D eigenvalue weighted by Gasteiger charge is 2.52. The van der Waals surface area contributed by atoms with Crippen molar-refractivity contribution in [3.63, 3.8) is 0 Å². The van der Waals surface area contributed by atoms with Crippen molar-refractivity contribution in [3.8, 4) is 33.4 Å². The normalized spacial score (nSPS) is 29.7. The summed E-state index contributed by atoms with van der Waals surface area (Å²) in [5, 5.41) is 102. The number of aliphatic hydroxyl groups is 9. The predicted octanol–water partition coefficient (Wildman–Crippen LogP) is 1.40. The van der Waals surface area contributed by atoms with Crippen LogP contribution >= 0.6 is 0 Å². The molecule has 0 unspecified atom stereocenters. The van der Waals surface area contributed by atoms with Gasteiger partial charge in [0, 0.05) is 34.4 Å². The summed E-state index contributed by atoms with van der Waals surface area (Å²) in [5.74, 6) is -3.78. The fraction of sp³-hybridized carbons (Fsp3) is 0.500. The van der Waals surface area contributed by atoms with E-state index < -0.39 is 147 Å². The van der Waals surface area contributed by atoms with E-state index in [0.717, 1.165) is 16.7 Å². The van der Waals surface area contributed by atoms with Crippen molar-refractivity contribution in [2.24, 2.45) is 17.8 Å². The Bertz CT molecular complexity index is 2230. The van der Waals surface area contributed by atoms with Crippen LogP contribution in [-0.4, -0.2) is 175 Å². The van der Waals surface area contributed by atoms with Gasteiger partial charge in [-0.3, -0.25) is 14.4 Å². The van der Waals surface area contributed by atoms with E-state index in [4.69, 9.17) is 14.2 Å². The molecule has 12 atom stereocenters. The van der Waals surface area contributed by atoms with Crippen LogP contribution in [0.1, 0.15) is 72.6 Å². The van der Waals surface area contributed by atoms with Crippen LogP contribution < -0.4 is 16.0 Å². The van der Waals surface area contributed by atoms with Crippen LogP contribution in [-0.2, 0) is 14.2 Å². The van der Waals surface area contributed by atoms with Crippen LogP contribution in [0.4, 0.5) is 0 Å². The Morgan fingerprint density at radius 3 is 0.806 bits per heavy atom. The molecule has 12 N–H and O–H groups in total. The molecular weight excluding hydrogens is 931 g/mol. The lowest BCUT2D eigenvalue weighted by Gasteiger charge is -2.48. The Labute approximate surface area is 418 Å². The van der Waals surface area contributed by atoms with Crippen molar-refractivity contribution >= 4 is 17.7 Å². The molecule has 0 radical (unpaired) electrons. The summed E-state index contributed by atoms with van der Waals surface area (Å²) >= 11 is 0. The smallest absolute Gasteiger partial charge is 0.251 e. The van der Waals surface area contributed by atoms with Crippen LogP contribution in [0.15, 0.2) is 91.0 Å². The van der Waals surface area contributed by atoms with Crippen molar-refractivity contribution in [2.75, 3.05) is 39.6 Å². The number of benzene rings is 4. The van der Waals surface area contributed by atoms with Crippen molar-refractivity contribution in [2.45, 2.75) is 113 Å². The van der Waals surface area contributed by atoms with E-state index in [-0.39, 0.29) is 16.7 Å². The van der Waals surface area contributed by atoms with Crippen molar-refractivity contribution in [1.82, 2.24) is 16.0 Å². The van der Waals surface area contributed by atoms with E-state index in [2.05, 4.69) is 16.0 Å². The van der Waals surface area contributed by atoms with Gasteiger partial charge >= 0.3 is 0 Å². The molecule has 3 fully saturated rings. The van der Waals surface area contributed by atoms with Gasteiger partial charge in [-0.1, -0.05) is 36.4 Å². The lowest BCUT2D eigenvalue weighted by molar-refractivity contribution is -0.214. The molecule has 3 amide bonds. The number of hydrogen-bond donors (Lipinski definition) is 12. The monoisotopic (exact) mass is 999 g/mol. The summed E-state index contributed by atoms with van der Waals surface area (Å²) in [6.45, 7) is 7.60. The van der Waals surface area contributed by atoms with Gasteiger partial charge in [-0.05, 0) is 130 Å². The molecule has 3 aliphatic heterocycles. The Morgan fingerprint density at radius 2 is 0.611 bits per heavy atom. The maximum atomic E-state index is 13.6. The molecule has 0 saturated carbocycles. The first-order valence-electron chi connectivity index (χ1n) is 24.2. The summed E-state index contributed by atoms with van der Waals surface area (Å²) in [4.78, 5) is 40.9. The Morgan fingerprint density at radius 1 is 0.389 bits per heavy atom. The first kappa shape index (κ1) is 54.6. The van der Waals surface area contributed by atoms with E-state index >= 15 is 0 Å². The van der Waals surface area contributed by atoms with Gasteiger partial charge in [0.2, 0.25) is 0 Å². The second-order valence-corrected chi connectivity index (χ2v) is 20.7. The molecule has 0 aromatic heterocycles. The number of aliphatic hydroxyl groups excluding tert-OH is 9. The third-order valence-corrected chi connectivity index (χ3v) is 15.0. The summed E-state index contributed by atoms with van der Waals surface area (Å²) < 4.78 is 18.0. The van der Waals surface area contributed by atoms with Gasteiger partial charge in [-0.2, -0.15) is 0 Å². The molecule has 3 saturated heterocycles. The van der Waals surface area contributed by atoms with Gasteiger partial charge in [0.1, 0.15) is 18.3 Å². The Hall–Kier alpha value is -5.19. The molecule has 7 rings (SSSR count). The maximum absolute atomic E-state index is 13.6. The van der Waals surface area contributed by atoms with Crippen LogP contribution in [0.25, 0.3) is 33.4 Å². The summed E-state index contributed by atoms with van der Waals surface area (Å²) in [6, 6.07) is 23.0. The largest absolute Gasteiger partial charge is 0.396 e. The quantitative estimate of drug-likeness (QED) is 0.0802. The number of nitrogens with one attached hydrogen (secondary N) is 3. The molecule has 18 nitrogen and oxygen atoms in total. The van der Waals surface area contributed by atoms with Gasteiger partial charge < -0.3 is 76.1 Å². The van der Waals surface area contributed by atoms with Crippen molar-refractivity contribution < 1.29 is 74.6 Å².